The normalized spacial score (nSPS) is 12.1. The molecule has 2 aromatic carbocycles. The van der Waals surface area contributed by atoms with Crippen molar-refractivity contribution in [2.24, 2.45) is 5.10 Å². The second-order valence-electron chi connectivity index (χ2n) is 6.27. The van der Waals surface area contributed by atoms with Crippen molar-refractivity contribution in [1.29, 1.82) is 0 Å². The number of ether oxygens (including phenoxy) is 1. The van der Waals surface area contributed by atoms with Crippen LogP contribution in [0.15, 0.2) is 72.0 Å². The first kappa shape index (κ1) is 22.8. The van der Waals surface area contributed by atoms with Crippen molar-refractivity contribution in [3.05, 3.63) is 89.1 Å². The molecule has 0 saturated heterocycles. The molecular weight excluding hydrogens is 440 g/mol. The summed E-state index contributed by atoms with van der Waals surface area (Å²) in [4.78, 5) is 16.3. The van der Waals surface area contributed by atoms with E-state index in [2.05, 4.69) is 10.1 Å². The van der Waals surface area contributed by atoms with Crippen molar-refractivity contribution < 1.29 is 35.9 Å². The van der Waals surface area contributed by atoms with Crippen LogP contribution in [-0.4, -0.2) is 17.1 Å². The highest BCUT2D eigenvalue weighted by atomic mass is 19.4. The lowest BCUT2D eigenvalue weighted by Gasteiger charge is -2.13. The van der Waals surface area contributed by atoms with Gasteiger partial charge in [0.15, 0.2) is 0 Å². The van der Waals surface area contributed by atoms with Gasteiger partial charge in [0.1, 0.15) is 11.3 Å². The van der Waals surface area contributed by atoms with Gasteiger partial charge in [-0.2, -0.15) is 31.4 Å². The van der Waals surface area contributed by atoms with Gasteiger partial charge in [0.2, 0.25) is 5.88 Å². The molecule has 0 aliphatic rings. The van der Waals surface area contributed by atoms with Gasteiger partial charge < -0.3 is 4.74 Å². The summed E-state index contributed by atoms with van der Waals surface area (Å²) in [5.41, 5.74) is -1.60. The van der Waals surface area contributed by atoms with Gasteiger partial charge in [-0.05, 0) is 42.5 Å². The Hall–Kier alpha value is -3.89. The molecule has 5 nitrogen and oxygen atoms in total. The van der Waals surface area contributed by atoms with Gasteiger partial charge in [-0.1, -0.05) is 18.2 Å². The van der Waals surface area contributed by atoms with Crippen LogP contribution in [0, 0.1) is 0 Å². The number of aromatic nitrogens is 1. The Labute approximate surface area is 177 Å². The van der Waals surface area contributed by atoms with E-state index in [0.29, 0.717) is 30.2 Å². The first-order valence-electron chi connectivity index (χ1n) is 8.85. The predicted octanol–water partition coefficient (Wildman–Crippen LogP) is 5.68. The monoisotopic (exact) mass is 453 g/mol. The average molecular weight is 453 g/mol. The zero-order valence-corrected chi connectivity index (χ0v) is 15.9. The standard InChI is InChI=1S/C21H13F6N3O2/c22-20(23,24)14-8-9-17(21(25,26)27)13(11-14)12-29-30-18(31)16-7-4-10-28-19(16)32-15-5-2-1-3-6-15/h1-12H,(H,30,31)/b29-12+. The Morgan fingerprint density at radius 1 is 0.938 bits per heavy atom. The molecule has 1 N–H and O–H groups in total. The van der Waals surface area contributed by atoms with Crippen LogP contribution in [0.25, 0.3) is 0 Å². The fourth-order valence-electron chi connectivity index (χ4n) is 2.57. The van der Waals surface area contributed by atoms with E-state index >= 15 is 0 Å². The summed E-state index contributed by atoms with van der Waals surface area (Å²) >= 11 is 0. The largest absolute Gasteiger partial charge is 0.438 e. The molecule has 1 heterocycles. The number of carbonyl (C=O) groups excluding carboxylic acids is 1. The Morgan fingerprint density at radius 2 is 1.66 bits per heavy atom. The maximum absolute atomic E-state index is 13.1. The Bertz CT molecular complexity index is 1130. The lowest BCUT2D eigenvalue weighted by Crippen LogP contribution is -2.19. The zero-order chi connectivity index (χ0) is 23.4. The Kier molecular flexibility index (Phi) is 6.47. The Balaban J connectivity index is 1.83. The fourth-order valence-corrected chi connectivity index (χ4v) is 2.57. The van der Waals surface area contributed by atoms with Crippen LogP contribution in [0.1, 0.15) is 27.0 Å². The number of rotatable bonds is 5. The van der Waals surface area contributed by atoms with Crippen LogP contribution in [0.2, 0.25) is 0 Å². The highest BCUT2D eigenvalue weighted by Gasteiger charge is 2.36. The molecule has 11 heteroatoms. The number of nitrogens with one attached hydrogen (secondary N) is 1. The van der Waals surface area contributed by atoms with Crippen molar-refractivity contribution >= 4 is 12.1 Å². The fraction of sp³-hybridized carbons (Fsp3) is 0.0952. The summed E-state index contributed by atoms with van der Waals surface area (Å²) in [6.45, 7) is 0. The van der Waals surface area contributed by atoms with Crippen LogP contribution in [0.4, 0.5) is 26.3 Å². The van der Waals surface area contributed by atoms with Crippen molar-refractivity contribution in [2.45, 2.75) is 12.4 Å². The molecular formula is C21H13F6N3O2. The summed E-state index contributed by atoms with van der Waals surface area (Å²) in [6, 6.07) is 12.0. The molecule has 1 aromatic heterocycles. The minimum Gasteiger partial charge on any atom is -0.438 e. The maximum Gasteiger partial charge on any atom is 0.417 e. The van der Waals surface area contributed by atoms with Gasteiger partial charge in [-0.25, -0.2) is 10.4 Å². The lowest BCUT2D eigenvalue weighted by molar-refractivity contribution is -0.141. The van der Waals surface area contributed by atoms with E-state index in [-0.39, 0.29) is 11.4 Å². The van der Waals surface area contributed by atoms with E-state index in [1.54, 1.807) is 30.3 Å². The second-order valence-corrected chi connectivity index (χ2v) is 6.27. The number of hydrogen-bond donors (Lipinski definition) is 1. The summed E-state index contributed by atoms with van der Waals surface area (Å²) in [5, 5.41) is 3.39. The molecule has 32 heavy (non-hydrogen) atoms. The Morgan fingerprint density at radius 3 is 2.31 bits per heavy atom. The number of carbonyl (C=O) groups is 1. The number of hydrazone groups is 1. The van der Waals surface area contributed by atoms with Crippen molar-refractivity contribution in [1.82, 2.24) is 10.4 Å². The molecule has 3 rings (SSSR count). The zero-order valence-electron chi connectivity index (χ0n) is 15.9. The molecule has 0 fully saturated rings. The van der Waals surface area contributed by atoms with Crippen LogP contribution in [0.3, 0.4) is 0 Å². The molecule has 1 amide bonds. The number of amides is 1. The van der Waals surface area contributed by atoms with E-state index in [0.717, 1.165) is 0 Å². The average Bonchev–Trinajstić information content (AvgIpc) is 2.73. The maximum atomic E-state index is 13.1. The third-order valence-electron chi connectivity index (χ3n) is 4.03. The highest BCUT2D eigenvalue weighted by Crippen LogP contribution is 2.36. The summed E-state index contributed by atoms with van der Waals surface area (Å²) in [5.74, 6) is -0.607. The topological polar surface area (TPSA) is 63.6 Å². The number of hydrogen-bond acceptors (Lipinski definition) is 4. The highest BCUT2D eigenvalue weighted by molar-refractivity contribution is 5.97. The molecule has 0 bridgehead atoms. The van der Waals surface area contributed by atoms with Crippen molar-refractivity contribution in [3.8, 4) is 11.6 Å². The van der Waals surface area contributed by atoms with Crippen LogP contribution >= 0.6 is 0 Å². The van der Waals surface area contributed by atoms with E-state index in [1.807, 2.05) is 5.43 Å². The molecule has 0 aliphatic carbocycles. The van der Waals surface area contributed by atoms with Gasteiger partial charge >= 0.3 is 12.4 Å². The van der Waals surface area contributed by atoms with E-state index in [9.17, 15) is 31.1 Å². The van der Waals surface area contributed by atoms with Crippen LogP contribution in [0.5, 0.6) is 11.6 Å². The lowest BCUT2D eigenvalue weighted by atomic mass is 10.0. The molecule has 0 spiro atoms. The third-order valence-corrected chi connectivity index (χ3v) is 4.03. The summed E-state index contributed by atoms with van der Waals surface area (Å²) < 4.78 is 83.5. The van der Waals surface area contributed by atoms with Gasteiger partial charge in [0, 0.05) is 11.8 Å². The van der Waals surface area contributed by atoms with Crippen molar-refractivity contribution in [3.63, 3.8) is 0 Å². The summed E-state index contributed by atoms with van der Waals surface area (Å²) in [7, 11) is 0. The molecule has 0 unspecified atom stereocenters. The quantitative estimate of drug-likeness (QED) is 0.307. The third kappa shape index (κ3) is 5.62. The van der Waals surface area contributed by atoms with Crippen molar-refractivity contribution in [2.75, 3.05) is 0 Å². The molecule has 0 atom stereocenters. The van der Waals surface area contributed by atoms with E-state index in [4.69, 9.17) is 4.74 Å². The minimum atomic E-state index is -4.92. The van der Waals surface area contributed by atoms with E-state index in [1.165, 1.54) is 18.3 Å². The second kappa shape index (κ2) is 9.08. The van der Waals surface area contributed by atoms with Crippen LogP contribution < -0.4 is 10.2 Å². The van der Waals surface area contributed by atoms with Gasteiger partial charge in [0.05, 0.1) is 17.3 Å². The number of halogens is 6. The smallest absolute Gasteiger partial charge is 0.417 e. The number of nitrogens with zero attached hydrogens (tertiary/aromatic N) is 2. The molecule has 166 valence electrons. The van der Waals surface area contributed by atoms with Gasteiger partial charge in [0.25, 0.3) is 5.91 Å². The van der Waals surface area contributed by atoms with Crippen LogP contribution in [-0.2, 0) is 12.4 Å². The number of benzene rings is 2. The SMILES string of the molecule is O=C(N/N=C/c1cc(C(F)(F)F)ccc1C(F)(F)F)c1cccnc1Oc1ccccc1. The van der Waals surface area contributed by atoms with Gasteiger partial charge in [-0.15, -0.1) is 0 Å². The molecule has 0 aliphatic heterocycles. The predicted molar refractivity (Wildman–Crippen MR) is 102 cm³/mol. The summed E-state index contributed by atoms with van der Waals surface area (Å²) in [6.07, 6.45) is -7.93. The van der Waals surface area contributed by atoms with Gasteiger partial charge in [-0.3, -0.25) is 4.79 Å². The molecule has 3 aromatic rings. The molecule has 0 saturated carbocycles. The number of pyridine rings is 1. The number of para-hydroxylation sites is 1. The van der Waals surface area contributed by atoms with E-state index < -0.39 is 35.0 Å². The first-order chi connectivity index (χ1) is 15.1. The minimum absolute atomic E-state index is 0.0893. The first-order valence-corrected chi connectivity index (χ1v) is 8.85. The number of alkyl halides is 6. The molecule has 0 radical (unpaired) electrons.